The first-order chi connectivity index (χ1) is 17.4. The molecule has 9 nitrogen and oxygen atoms in total. The SMILES string of the molecule is COCCNC(=O)[C@@H](c1ccc(O)cc1)N(C(=O)CCC(=O)Nc1ccccn1)c1ccccc1C. The topological polar surface area (TPSA) is 121 Å². The van der Waals surface area contributed by atoms with E-state index in [4.69, 9.17) is 4.74 Å². The average molecular weight is 491 g/mol. The number of para-hydroxylation sites is 1. The number of phenols is 1. The Bertz CT molecular complexity index is 1170. The Hall–Kier alpha value is -4.24. The third-order valence-electron chi connectivity index (χ3n) is 5.46. The van der Waals surface area contributed by atoms with Crippen molar-refractivity contribution in [2.75, 3.05) is 30.5 Å². The van der Waals surface area contributed by atoms with Gasteiger partial charge in [-0.15, -0.1) is 0 Å². The number of ether oxygens (including phenoxy) is 1. The lowest BCUT2D eigenvalue weighted by atomic mass is 10.0. The molecule has 0 bridgehead atoms. The highest BCUT2D eigenvalue weighted by Gasteiger charge is 2.33. The predicted molar refractivity (Wildman–Crippen MR) is 136 cm³/mol. The van der Waals surface area contributed by atoms with Crippen molar-refractivity contribution in [3.63, 3.8) is 0 Å². The van der Waals surface area contributed by atoms with E-state index >= 15 is 0 Å². The molecule has 3 aromatic rings. The van der Waals surface area contributed by atoms with Gasteiger partial charge in [-0.3, -0.25) is 19.3 Å². The number of carbonyl (C=O) groups is 3. The van der Waals surface area contributed by atoms with Crippen molar-refractivity contribution >= 4 is 29.2 Å². The third-order valence-corrected chi connectivity index (χ3v) is 5.46. The van der Waals surface area contributed by atoms with Gasteiger partial charge in [0, 0.05) is 38.4 Å². The van der Waals surface area contributed by atoms with Gasteiger partial charge in [-0.05, 0) is 48.4 Å². The molecule has 3 N–H and O–H groups in total. The predicted octanol–water partition coefficient (Wildman–Crippen LogP) is 3.35. The second kappa shape index (κ2) is 13.0. The van der Waals surface area contributed by atoms with Crippen LogP contribution in [0.25, 0.3) is 0 Å². The molecule has 0 unspecified atom stereocenters. The minimum absolute atomic E-state index is 0.0391. The van der Waals surface area contributed by atoms with Crippen LogP contribution in [0, 0.1) is 6.92 Å². The van der Waals surface area contributed by atoms with Crippen LogP contribution in [0.4, 0.5) is 11.5 Å². The van der Waals surface area contributed by atoms with Crippen molar-refractivity contribution in [1.29, 1.82) is 0 Å². The van der Waals surface area contributed by atoms with E-state index in [1.807, 2.05) is 19.1 Å². The Balaban J connectivity index is 1.91. The number of phenolic OH excluding ortho intramolecular Hbond substituents is 1. The largest absolute Gasteiger partial charge is 0.508 e. The maximum absolute atomic E-state index is 13.6. The molecule has 0 aliphatic heterocycles. The standard InChI is InChI=1S/C27H30N4O5/c1-19-7-3-4-8-22(19)31(25(34)15-14-24(33)30-23-9-5-6-16-28-23)26(27(35)29-17-18-36-2)20-10-12-21(32)13-11-20/h3-13,16,26,32H,14-15,17-18H2,1-2H3,(H,29,35)(H,28,30,33)/t26-/m1/s1. The van der Waals surface area contributed by atoms with Crippen LogP contribution in [0.5, 0.6) is 5.75 Å². The van der Waals surface area contributed by atoms with E-state index < -0.39 is 17.9 Å². The maximum atomic E-state index is 13.6. The molecule has 1 atom stereocenters. The molecule has 2 aromatic carbocycles. The highest BCUT2D eigenvalue weighted by atomic mass is 16.5. The van der Waals surface area contributed by atoms with Crippen molar-refractivity contribution in [2.24, 2.45) is 0 Å². The van der Waals surface area contributed by atoms with Crippen molar-refractivity contribution in [3.05, 3.63) is 84.1 Å². The first kappa shape index (κ1) is 26.4. The number of hydrogen-bond acceptors (Lipinski definition) is 6. The van der Waals surface area contributed by atoms with Crippen molar-refractivity contribution < 1.29 is 24.2 Å². The van der Waals surface area contributed by atoms with Gasteiger partial charge in [0.15, 0.2) is 0 Å². The maximum Gasteiger partial charge on any atom is 0.247 e. The quantitative estimate of drug-likeness (QED) is 0.355. The molecule has 0 aliphatic rings. The molecule has 36 heavy (non-hydrogen) atoms. The summed E-state index contributed by atoms with van der Waals surface area (Å²) < 4.78 is 5.04. The fourth-order valence-electron chi connectivity index (χ4n) is 3.68. The number of methoxy groups -OCH3 is 1. The summed E-state index contributed by atoms with van der Waals surface area (Å²) in [6.07, 6.45) is 1.34. The van der Waals surface area contributed by atoms with Gasteiger partial charge < -0.3 is 20.5 Å². The fourth-order valence-corrected chi connectivity index (χ4v) is 3.68. The number of aryl methyl sites for hydroxylation is 1. The Labute approximate surface area is 210 Å². The molecule has 0 fully saturated rings. The molecule has 9 heteroatoms. The fraction of sp³-hybridized carbons (Fsp3) is 0.259. The first-order valence-electron chi connectivity index (χ1n) is 11.5. The van der Waals surface area contributed by atoms with Gasteiger partial charge >= 0.3 is 0 Å². The molecule has 0 saturated heterocycles. The lowest BCUT2D eigenvalue weighted by Gasteiger charge is -2.32. The summed E-state index contributed by atoms with van der Waals surface area (Å²) in [5.74, 6) is -0.743. The van der Waals surface area contributed by atoms with Crippen molar-refractivity contribution in [2.45, 2.75) is 25.8 Å². The van der Waals surface area contributed by atoms with Gasteiger partial charge in [0.25, 0.3) is 0 Å². The molecule has 0 aliphatic carbocycles. The van der Waals surface area contributed by atoms with Crippen LogP contribution in [0.1, 0.15) is 30.0 Å². The smallest absolute Gasteiger partial charge is 0.247 e. The van der Waals surface area contributed by atoms with Crippen LogP contribution in [-0.4, -0.2) is 48.1 Å². The van der Waals surface area contributed by atoms with Gasteiger partial charge in [-0.25, -0.2) is 4.98 Å². The molecular formula is C27H30N4O5. The first-order valence-corrected chi connectivity index (χ1v) is 11.5. The summed E-state index contributed by atoms with van der Waals surface area (Å²) in [5, 5.41) is 15.3. The number of nitrogens with zero attached hydrogens (tertiary/aromatic N) is 2. The molecule has 0 saturated carbocycles. The summed E-state index contributed by atoms with van der Waals surface area (Å²) in [4.78, 5) is 45.0. The molecule has 1 aromatic heterocycles. The molecule has 3 amide bonds. The summed E-state index contributed by atoms with van der Waals surface area (Å²) in [5.41, 5.74) is 1.85. The summed E-state index contributed by atoms with van der Waals surface area (Å²) in [6.45, 7) is 2.41. The van der Waals surface area contributed by atoms with Crippen molar-refractivity contribution in [3.8, 4) is 5.75 Å². The van der Waals surface area contributed by atoms with Crippen LogP contribution in [0.15, 0.2) is 72.9 Å². The number of aromatic nitrogens is 1. The Morgan fingerprint density at radius 3 is 2.39 bits per heavy atom. The summed E-state index contributed by atoms with van der Waals surface area (Å²) in [6, 6.07) is 17.5. The van der Waals surface area contributed by atoms with E-state index in [1.165, 1.54) is 24.1 Å². The number of carbonyl (C=O) groups excluding carboxylic acids is 3. The Morgan fingerprint density at radius 2 is 1.72 bits per heavy atom. The Morgan fingerprint density at radius 1 is 1.00 bits per heavy atom. The van der Waals surface area contributed by atoms with Gasteiger partial charge in [0.1, 0.15) is 17.6 Å². The van der Waals surface area contributed by atoms with Crippen LogP contribution in [-0.2, 0) is 19.1 Å². The zero-order valence-electron chi connectivity index (χ0n) is 20.3. The van der Waals surface area contributed by atoms with E-state index in [0.717, 1.165) is 5.56 Å². The van der Waals surface area contributed by atoms with Gasteiger partial charge in [0.05, 0.1) is 6.61 Å². The van der Waals surface area contributed by atoms with Crippen molar-refractivity contribution in [1.82, 2.24) is 10.3 Å². The highest BCUT2D eigenvalue weighted by Crippen LogP contribution is 2.32. The number of pyridine rings is 1. The zero-order chi connectivity index (χ0) is 25.9. The Kier molecular flexibility index (Phi) is 9.53. The lowest BCUT2D eigenvalue weighted by molar-refractivity contribution is -0.127. The van der Waals surface area contributed by atoms with E-state index in [-0.39, 0.29) is 31.0 Å². The number of rotatable bonds is 11. The number of hydrogen-bond donors (Lipinski definition) is 3. The summed E-state index contributed by atoms with van der Waals surface area (Å²) in [7, 11) is 1.53. The molecule has 3 rings (SSSR count). The van der Waals surface area contributed by atoms with E-state index in [2.05, 4.69) is 15.6 Å². The van der Waals surface area contributed by atoms with E-state index in [0.29, 0.717) is 23.7 Å². The number of benzene rings is 2. The minimum Gasteiger partial charge on any atom is -0.508 e. The number of nitrogens with one attached hydrogen (secondary N) is 2. The normalized spacial score (nSPS) is 11.4. The van der Waals surface area contributed by atoms with Crippen LogP contribution in [0.2, 0.25) is 0 Å². The van der Waals surface area contributed by atoms with Crippen LogP contribution < -0.4 is 15.5 Å². The molecule has 0 spiro atoms. The van der Waals surface area contributed by atoms with Gasteiger partial charge in [0.2, 0.25) is 17.7 Å². The second-order valence-corrected chi connectivity index (χ2v) is 8.09. The lowest BCUT2D eigenvalue weighted by Crippen LogP contribution is -2.45. The number of amides is 3. The minimum atomic E-state index is -1.03. The third kappa shape index (κ3) is 7.13. The van der Waals surface area contributed by atoms with Gasteiger partial charge in [-0.2, -0.15) is 0 Å². The number of aromatic hydroxyl groups is 1. The van der Waals surface area contributed by atoms with E-state index in [1.54, 1.807) is 48.7 Å². The summed E-state index contributed by atoms with van der Waals surface area (Å²) >= 11 is 0. The molecule has 1 heterocycles. The van der Waals surface area contributed by atoms with Gasteiger partial charge in [-0.1, -0.05) is 36.4 Å². The van der Waals surface area contributed by atoms with Crippen LogP contribution in [0.3, 0.4) is 0 Å². The molecule has 0 radical (unpaired) electrons. The highest BCUT2D eigenvalue weighted by molar-refractivity contribution is 6.03. The number of anilines is 2. The monoisotopic (exact) mass is 490 g/mol. The second-order valence-electron chi connectivity index (χ2n) is 8.09. The molecular weight excluding hydrogens is 460 g/mol. The molecule has 188 valence electrons. The zero-order valence-corrected chi connectivity index (χ0v) is 20.3. The van der Waals surface area contributed by atoms with Crippen LogP contribution >= 0.6 is 0 Å². The van der Waals surface area contributed by atoms with E-state index in [9.17, 15) is 19.5 Å². The average Bonchev–Trinajstić information content (AvgIpc) is 2.88.